The highest BCUT2D eigenvalue weighted by molar-refractivity contribution is 7.47. The van der Waals surface area contributed by atoms with E-state index in [1.54, 1.807) is 20.8 Å². The molecule has 0 spiro atoms. The number of nitrogens with zero attached hydrogens (tertiary/aromatic N) is 1. The molecule has 1 aromatic heterocycles. The van der Waals surface area contributed by atoms with Gasteiger partial charge in [-0.1, -0.05) is 6.92 Å². The third kappa shape index (κ3) is 6.79. The Morgan fingerprint density at radius 3 is 2.76 bits per heavy atom. The molecule has 13 heteroatoms. The Kier molecular flexibility index (Phi) is 7.41. The van der Waals surface area contributed by atoms with E-state index in [0.29, 0.717) is 6.42 Å². The summed E-state index contributed by atoms with van der Waals surface area (Å²) >= 11 is 0. The van der Waals surface area contributed by atoms with Crippen molar-refractivity contribution in [3.8, 4) is 0 Å². The van der Waals surface area contributed by atoms with E-state index < -0.39 is 50.0 Å². The highest BCUT2D eigenvalue weighted by Gasteiger charge is 2.44. The number of hydrogen-bond donors (Lipinski definition) is 2. The average molecular weight is 436 g/mol. The molecule has 1 aromatic rings. The Morgan fingerprint density at radius 2 is 2.14 bits per heavy atom. The van der Waals surface area contributed by atoms with E-state index >= 15 is 0 Å². The number of H-pyrrole nitrogens is 1. The third-order valence-electron chi connectivity index (χ3n) is 4.03. The van der Waals surface area contributed by atoms with Crippen LogP contribution in [0.5, 0.6) is 0 Å². The molecule has 0 radical (unpaired) electrons. The van der Waals surface area contributed by atoms with E-state index in [1.165, 1.54) is 16.8 Å². The summed E-state index contributed by atoms with van der Waals surface area (Å²) in [5, 5.41) is 0. The molecular formula is C16H25N2O10P. The van der Waals surface area contributed by atoms with E-state index in [2.05, 4.69) is 19.0 Å². The normalized spacial score (nSPS) is 26.3. The molecule has 0 aliphatic carbocycles. The van der Waals surface area contributed by atoms with E-state index in [0.717, 1.165) is 0 Å². The lowest BCUT2D eigenvalue weighted by Crippen LogP contribution is -2.35. The van der Waals surface area contributed by atoms with Crippen LogP contribution in [0.25, 0.3) is 0 Å². The molecule has 0 aromatic carbocycles. The van der Waals surface area contributed by atoms with Crippen LogP contribution in [0.3, 0.4) is 0 Å². The number of phosphoric ester groups is 1. The summed E-state index contributed by atoms with van der Waals surface area (Å²) in [6.07, 6.45) is -0.428. The van der Waals surface area contributed by atoms with Gasteiger partial charge < -0.3 is 19.1 Å². The van der Waals surface area contributed by atoms with Crippen LogP contribution in [0.4, 0.5) is 4.79 Å². The average Bonchev–Trinajstić information content (AvgIpc) is 2.87. The lowest BCUT2D eigenvalue weighted by molar-refractivity contribution is -0.0947. The van der Waals surface area contributed by atoms with Crippen LogP contribution in [0.2, 0.25) is 0 Å². The number of ether oxygens (including phenoxy) is 3. The van der Waals surface area contributed by atoms with Crippen molar-refractivity contribution in [3.05, 3.63) is 33.1 Å². The fourth-order valence-corrected chi connectivity index (χ4v) is 3.61. The second-order valence-corrected chi connectivity index (χ2v) is 8.66. The van der Waals surface area contributed by atoms with Crippen molar-refractivity contribution in [3.63, 3.8) is 0 Å². The molecule has 1 fully saturated rings. The molecule has 0 amide bonds. The van der Waals surface area contributed by atoms with Gasteiger partial charge in [-0.05, 0) is 27.2 Å². The first-order chi connectivity index (χ1) is 13.4. The Labute approximate surface area is 166 Å². The Morgan fingerprint density at radius 1 is 1.45 bits per heavy atom. The van der Waals surface area contributed by atoms with Gasteiger partial charge in [0.1, 0.15) is 6.23 Å². The maximum Gasteiger partial charge on any atom is 0.510 e. The van der Waals surface area contributed by atoms with Crippen molar-refractivity contribution in [2.75, 3.05) is 13.4 Å². The number of hydrogen-bond acceptors (Lipinski definition) is 9. The van der Waals surface area contributed by atoms with Crippen LogP contribution in [0.15, 0.2) is 21.9 Å². The molecule has 1 aliphatic rings. The predicted molar refractivity (Wildman–Crippen MR) is 98.1 cm³/mol. The van der Waals surface area contributed by atoms with Gasteiger partial charge in [0.05, 0.1) is 18.3 Å². The largest absolute Gasteiger partial charge is 0.510 e. The van der Waals surface area contributed by atoms with Gasteiger partial charge in [0, 0.05) is 18.2 Å². The molecular weight excluding hydrogens is 411 g/mol. The van der Waals surface area contributed by atoms with Crippen LogP contribution < -0.4 is 11.2 Å². The summed E-state index contributed by atoms with van der Waals surface area (Å²) in [6, 6.07) is 1.20. The summed E-state index contributed by atoms with van der Waals surface area (Å²) < 4.78 is 37.8. The quantitative estimate of drug-likeness (QED) is 0.348. The summed E-state index contributed by atoms with van der Waals surface area (Å²) in [7, 11) is -4.53. The van der Waals surface area contributed by atoms with E-state index in [4.69, 9.17) is 9.26 Å². The molecule has 164 valence electrons. The highest BCUT2D eigenvalue weighted by Crippen LogP contribution is 2.47. The lowest BCUT2D eigenvalue weighted by atomic mass is 9.97. The van der Waals surface area contributed by atoms with Gasteiger partial charge in [0.25, 0.3) is 5.56 Å². The first kappa shape index (κ1) is 23.3. The molecule has 29 heavy (non-hydrogen) atoms. The first-order valence-corrected chi connectivity index (χ1v) is 10.3. The molecule has 12 nitrogen and oxygen atoms in total. The van der Waals surface area contributed by atoms with Gasteiger partial charge in [-0.25, -0.2) is 18.7 Å². The fraction of sp³-hybridized carbons (Fsp3) is 0.688. The van der Waals surface area contributed by atoms with Crippen molar-refractivity contribution in [1.29, 1.82) is 0 Å². The minimum atomic E-state index is -4.53. The van der Waals surface area contributed by atoms with E-state index in [9.17, 15) is 23.8 Å². The number of carbonyl (C=O) groups is 1. The molecule has 1 unspecified atom stereocenters. The number of nitrogens with one attached hydrogen (secondary N) is 1. The topological polar surface area (TPSA) is 155 Å². The third-order valence-corrected chi connectivity index (χ3v) is 4.92. The van der Waals surface area contributed by atoms with E-state index in [-0.39, 0.29) is 12.5 Å². The first-order valence-electron chi connectivity index (χ1n) is 8.85. The highest BCUT2D eigenvalue weighted by atomic mass is 31.2. The molecule has 2 rings (SSSR count). The van der Waals surface area contributed by atoms with Gasteiger partial charge in [0.2, 0.25) is 6.79 Å². The Hall–Kier alpha value is -1.98. The second-order valence-electron chi connectivity index (χ2n) is 7.21. The fourth-order valence-electron chi connectivity index (χ4n) is 2.91. The maximum atomic E-state index is 12.0. The van der Waals surface area contributed by atoms with Crippen molar-refractivity contribution < 1.29 is 37.5 Å². The Bertz CT molecular complexity index is 881. The predicted octanol–water partition coefficient (Wildman–Crippen LogP) is 1.50. The maximum absolute atomic E-state index is 12.0. The Balaban J connectivity index is 1.91. The number of aromatic amines is 1. The van der Waals surface area contributed by atoms with Crippen LogP contribution in [-0.4, -0.2) is 45.7 Å². The SMILES string of the molecule is CC(C)OC(=O)OCOP(=O)(O)OC[C@]1(C)C[C@H](C)[C@H](n2ccc(=O)[nH]c2=O)O1. The number of rotatable bonds is 8. The molecule has 1 aliphatic heterocycles. The second kappa shape index (κ2) is 9.23. The van der Waals surface area contributed by atoms with E-state index in [1.807, 2.05) is 6.92 Å². The zero-order valence-corrected chi connectivity index (χ0v) is 17.4. The standard InChI is InChI=1S/C16H25N2O10P/c1-10(2)27-15(21)24-9-26-29(22,23)25-8-16(4)7-11(3)13(28-16)18-6-5-12(19)17-14(18)20/h5-6,10-11,13H,7-9H2,1-4H3,(H,22,23)(H,17,19,20)/t11-,13+,16-/m0/s1. The zero-order valence-electron chi connectivity index (χ0n) is 16.5. The number of carbonyl (C=O) groups excluding carboxylic acids is 1. The molecule has 2 heterocycles. The minimum Gasteiger partial charge on any atom is -0.432 e. The van der Waals surface area contributed by atoms with Crippen LogP contribution in [0.1, 0.15) is 40.3 Å². The monoisotopic (exact) mass is 436 g/mol. The van der Waals surface area contributed by atoms with Crippen LogP contribution >= 0.6 is 7.82 Å². The van der Waals surface area contributed by atoms with Crippen molar-refractivity contribution in [2.45, 2.75) is 52.0 Å². The zero-order chi connectivity index (χ0) is 21.8. The van der Waals surface area contributed by atoms with Gasteiger partial charge >= 0.3 is 19.7 Å². The van der Waals surface area contributed by atoms with Gasteiger partial charge in [-0.3, -0.25) is 18.9 Å². The van der Waals surface area contributed by atoms with Gasteiger partial charge in [-0.15, -0.1) is 0 Å². The molecule has 1 saturated heterocycles. The number of phosphoric acid groups is 1. The minimum absolute atomic E-state index is 0.152. The number of aromatic nitrogens is 2. The van der Waals surface area contributed by atoms with Gasteiger partial charge in [0.15, 0.2) is 0 Å². The van der Waals surface area contributed by atoms with Crippen molar-refractivity contribution >= 4 is 14.0 Å². The summed E-state index contributed by atoms with van der Waals surface area (Å²) in [4.78, 5) is 46.3. The van der Waals surface area contributed by atoms with Crippen LogP contribution in [0, 0.1) is 5.92 Å². The molecule has 0 saturated carbocycles. The summed E-state index contributed by atoms with van der Waals surface area (Å²) in [5.74, 6) is -0.152. The molecule has 2 N–H and O–H groups in total. The van der Waals surface area contributed by atoms with Gasteiger partial charge in [-0.2, -0.15) is 0 Å². The molecule has 4 atom stereocenters. The summed E-state index contributed by atoms with van der Waals surface area (Å²) in [6.45, 7) is 5.55. The smallest absolute Gasteiger partial charge is 0.432 e. The van der Waals surface area contributed by atoms with Crippen molar-refractivity contribution in [2.24, 2.45) is 5.92 Å². The summed E-state index contributed by atoms with van der Waals surface area (Å²) in [5.41, 5.74) is -2.15. The molecule has 0 bridgehead atoms. The van der Waals surface area contributed by atoms with Crippen LogP contribution in [-0.2, 0) is 27.8 Å². The van der Waals surface area contributed by atoms with Crippen molar-refractivity contribution in [1.82, 2.24) is 9.55 Å². The lowest BCUT2D eigenvalue weighted by Gasteiger charge is -2.25.